The molecule has 0 aliphatic carbocycles. The van der Waals surface area contributed by atoms with Gasteiger partial charge in [0.2, 0.25) is 17.5 Å². The Bertz CT molecular complexity index is 1620. The van der Waals surface area contributed by atoms with Gasteiger partial charge in [-0.15, -0.1) is 0 Å². The van der Waals surface area contributed by atoms with Crippen molar-refractivity contribution in [2.45, 2.75) is 136 Å². The Morgan fingerprint density at radius 1 is 0.849 bits per heavy atom. The number of benzene rings is 2. The molecular weight excluding hydrogens is 680 g/mol. The van der Waals surface area contributed by atoms with E-state index in [2.05, 4.69) is 41.5 Å². The smallest absolute Gasteiger partial charge is 0.239 e. The van der Waals surface area contributed by atoms with E-state index >= 15 is 0 Å². The summed E-state index contributed by atoms with van der Waals surface area (Å²) >= 11 is 0. The van der Waals surface area contributed by atoms with Gasteiger partial charge in [0.25, 0.3) is 0 Å². The lowest BCUT2D eigenvalue weighted by Gasteiger charge is -2.43. The number of phenolic OH excluding ortho intramolecular Hbond substituents is 2. The second-order valence-electron chi connectivity index (χ2n) is 15.5. The topological polar surface area (TPSA) is 168 Å². The molecule has 11 heteroatoms. The van der Waals surface area contributed by atoms with Crippen molar-refractivity contribution in [3.05, 3.63) is 46.6 Å². The third kappa shape index (κ3) is 11.1. The molecular formula is C42H62O11. The molecule has 0 saturated carbocycles. The first kappa shape index (κ1) is 42.4. The molecule has 296 valence electrons. The highest BCUT2D eigenvalue weighted by Gasteiger charge is 2.48. The average Bonchev–Trinajstić information content (AvgIpc) is 3.12. The third-order valence-electron chi connectivity index (χ3n) is 10.8. The maximum atomic E-state index is 13.9. The van der Waals surface area contributed by atoms with Gasteiger partial charge in [0.05, 0.1) is 19.8 Å². The van der Waals surface area contributed by atoms with Gasteiger partial charge < -0.3 is 48.9 Å². The van der Waals surface area contributed by atoms with Crippen LogP contribution in [0.5, 0.6) is 23.0 Å². The van der Waals surface area contributed by atoms with E-state index in [9.17, 15) is 30.3 Å². The third-order valence-corrected chi connectivity index (χ3v) is 10.8. The summed E-state index contributed by atoms with van der Waals surface area (Å²) in [7, 11) is 1.51. The molecule has 0 radical (unpaired) electrons. The van der Waals surface area contributed by atoms with Crippen LogP contribution in [0.15, 0.2) is 45.6 Å². The lowest BCUT2D eigenvalue weighted by molar-refractivity contribution is -0.294. The van der Waals surface area contributed by atoms with E-state index in [-0.39, 0.29) is 34.5 Å². The lowest BCUT2D eigenvalue weighted by atomic mass is 9.89. The zero-order valence-electron chi connectivity index (χ0n) is 32.5. The van der Waals surface area contributed by atoms with Gasteiger partial charge in [0, 0.05) is 17.7 Å². The molecule has 1 saturated heterocycles. The number of phenols is 2. The number of rotatable bonds is 20. The summed E-state index contributed by atoms with van der Waals surface area (Å²) < 4.78 is 29.8. The molecule has 4 unspecified atom stereocenters. The van der Waals surface area contributed by atoms with E-state index in [0.29, 0.717) is 17.2 Å². The molecule has 2 heterocycles. The lowest BCUT2D eigenvalue weighted by Crippen LogP contribution is -2.62. The van der Waals surface area contributed by atoms with Gasteiger partial charge in [-0.3, -0.25) is 4.79 Å². The summed E-state index contributed by atoms with van der Waals surface area (Å²) in [6, 6.07) is 8.73. The SMILES string of the molecule is CCC(C)C(CCC(C)CCCC(C)CCCC(C)C)O[C@H]1[C@H](O)[C@@H](O)[C@H](Oc2c(-c3ccc(OC)cc3)oc3cc(O)cc(O)c3c2=O)O[C@@H]1CO. The number of ether oxygens (including phenoxy) is 4. The summed E-state index contributed by atoms with van der Waals surface area (Å²) in [6.07, 6.45) is 2.66. The van der Waals surface area contributed by atoms with Crippen LogP contribution >= 0.6 is 0 Å². The van der Waals surface area contributed by atoms with Crippen LogP contribution in [0.25, 0.3) is 22.3 Å². The van der Waals surface area contributed by atoms with Gasteiger partial charge in [-0.25, -0.2) is 0 Å². The zero-order valence-corrected chi connectivity index (χ0v) is 32.5. The molecule has 3 aromatic rings. The Kier molecular flexibility index (Phi) is 15.9. The Hall–Kier alpha value is -3.35. The van der Waals surface area contributed by atoms with Gasteiger partial charge in [0.1, 0.15) is 52.6 Å². The standard InChI is InChI=1S/C42H62O11/c1-8-27(6)32(20-15-26(5)14-10-13-25(4)12-9-11-24(2)3)50-40-34(23-43)52-42(38(48)37(40)47)53-41-36(46)35-31(45)21-29(44)22-33(35)51-39(41)28-16-18-30(49-7)19-17-28/h16-19,21-22,24-27,32,34,37-38,40,42-45,47-48H,8-15,20,23H2,1-7H3/t25?,26?,27?,32?,34-,37-,38-,40-,42+/m1/s1. The van der Waals surface area contributed by atoms with E-state index in [1.807, 2.05) is 0 Å². The van der Waals surface area contributed by atoms with Crippen molar-refractivity contribution in [1.82, 2.24) is 0 Å². The fourth-order valence-electron chi connectivity index (χ4n) is 7.12. The minimum Gasteiger partial charge on any atom is -0.508 e. The van der Waals surface area contributed by atoms with Gasteiger partial charge in [-0.2, -0.15) is 0 Å². The minimum absolute atomic E-state index is 0.0779. The molecule has 9 atom stereocenters. The van der Waals surface area contributed by atoms with Gasteiger partial charge in [-0.05, 0) is 60.8 Å². The zero-order chi connectivity index (χ0) is 38.8. The van der Waals surface area contributed by atoms with E-state index in [1.54, 1.807) is 24.3 Å². The largest absolute Gasteiger partial charge is 0.508 e. The molecule has 4 rings (SSSR count). The summed E-state index contributed by atoms with van der Waals surface area (Å²) in [5.41, 5.74) is -0.518. The maximum Gasteiger partial charge on any atom is 0.239 e. The highest BCUT2D eigenvalue weighted by molar-refractivity contribution is 5.88. The highest BCUT2D eigenvalue weighted by atomic mass is 16.7. The van der Waals surface area contributed by atoms with E-state index in [4.69, 9.17) is 23.4 Å². The van der Waals surface area contributed by atoms with Crippen molar-refractivity contribution in [1.29, 1.82) is 0 Å². The Labute approximate surface area is 313 Å². The van der Waals surface area contributed by atoms with Crippen LogP contribution in [0.1, 0.15) is 99.3 Å². The predicted molar refractivity (Wildman–Crippen MR) is 204 cm³/mol. The maximum absolute atomic E-state index is 13.9. The van der Waals surface area contributed by atoms with Crippen LogP contribution in [-0.2, 0) is 9.47 Å². The number of hydrogen-bond acceptors (Lipinski definition) is 11. The first-order chi connectivity index (χ1) is 25.3. The van der Waals surface area contributed by atoms with Crippen molar-refractivity contribution < 1.29 is 48.9 Å². The Morgan fingerprint density at radius 3 is 2.09 bits per heavy atom. The average molecular weight is 743 g/mol. The van der Waals surface area contributed by atoms with E-state index < -0.39 is 54.2 Å². The van der Waals surface area contributed by atoms with Crippen molar-refractivity contribution >= 4 is 11.0 Å². The second-order valence-corrected chi connectivity index (χ2v) is 15.5. The van der Waals surface area contributed by atoms with Crippen LogP contribution < -0.4 is 14.9 Å². The van der Waals surface area contributed by atoms with Gasteiger partial charge >= 0.3 is 0 Å². The normalized spacial score (nSPS) is 22.8. The number of fused-ring (bicyclic) bond motifs is 1. The quantitative estimate of drug-likeness (QED) is 0.0775. The monoisotopic (exact) mass is 742 g/mol. The van der Waals surface area contributed by atoms with Crippen LogP contribution in [0, 0.1) is 23.7 Å². The fraction of sp³-hybridized carbons (Fsp3) is 0.643. The Balaban J connectivity index is 1.49. The molecule has 1 fully saturated rings. The van der Waals surface area contributed by atoms with Gasteiger partial charge in [0.15, 0.2) is 5.76 Å². The summed E-state index contributed by atoms with van der Waals surface area (Å²) in [5.74, 6) is 1.32. The van der Waals surface area contributed by atoms with Crippen LogP contribution in [0.4, 0.5) is 0 Å². The second kappa shape index (κ2) is 19.8. The molecule has 11 nitrogen and oxygen atoms in total. The summed E-state index contributed by atoms with van der Waals surface area (Å²) in [5, 5.41) is 53.7. The minimum atomic E-state index is -1.69. The summed E-state index contributed by atoms with van der Waals surface area (Å²) in [4.78, 5) is 13.9. The first-order valence-corrected chi connectivity index (χ1v) is 19.4. The number of hydrogen-bond donors (Lipinski definition) is 5. The fourth-order valence-corrected chi connectivity index (χ4v) is 7.12. The number of aromatic hydroxyl groups is 2. The highest BCUT2D eigenvalue weighted by Crippen LogP contribution is 2.38. The van der Waals surface area contributed by atoms with E-state index in [1.165, 1.54) is 45.3 Å². The van der Waals surface area contributed by atoms with Gasteiger partial charge in [-0.1, -0.05) is 86.5 Å². The molecule has 53 heavy (non-hydrogen) atoms. The van der Waals surface area contributed by atoms with Crippen LogP contribution in [0.3, 0.4) is 0 Å². The number of methoxy groups -OCH3 is 1. The van der Waals surface area contributed by atoms with Crippen molar-refractivity contribution in [2.24, 2.45) is 23.7 Å². The summed E-state index contributed by atoms with van der Waals surface area (Å²) in [6.45, 7) is 12.8. The first-order valence-electron chi connectivity index (χ1n) is 19.4. The molecule has 1 aliphatic rings. The molecule has 0 amide bonds. The molecule has 0 spiro atoms. The molecule has 1 aromatic heterocycles. The molecule has 5 N–H and O–H groups in total. The van der Waals surface area contributed by atoms with Crippen LogP contribution in [0.2, 0.25) is 0 Å². The van der Waals surface area contributed by atoms with Crippen molar-refractivity contribution in [3.8, 4) is 34.3 Å². The van der Waals surface area contributed by atoms with E-state index in [0.717, 1.165) is 43.6 Å². The van der Waals surface area contributed by atoms with Crippen molar-refractivity contribution in [3.63, 3.8) is 0 Å². The molecule has 2 aromatic carbocycles. The van der Waals surface area contributed by atoms with Crippen molar-refractivity contribution in [2.75, 3.05) is 13.7 Å². The molecule has 1 aliphatic heterocycles. The predicted octanol–water partition coefficient (Wildman–Crippen LogP) is 7.55. The molecule has 0 bridgehead atoms. The number of aliphatic hydroxyl groups is 3. The number of aliphatic hydroxyl groups excluding tert-OH is 3. The Morgan fingerprint density at radius 2 is 1.49 bits per heavy atom. The van der Waals surface area contributed by atoms with Crippen LogP contribution in [-0.4, -0.2) is 76.1 Å².